The Balaban J connectivity index is 1.70. The van der Waals surface area contributed by atoms with Crippen molar-refractivity contribution in [3.8, 4) is 11.3 Å². The van der Waals surface area contributed by atoms with Crippen molar-refractivity contribution in [1.82, 2.24) is 9.97 Å². The van der Waals surface area contributed by atoms with Gasteiger partial charge in [-0.05, 0) is 36.5 Å². The third-order valence-corrected chi connectivity index (χ3v) is 4.34. The number of aromatic amines is 1. The summed E-state index contributed by atoms with van der Waals surface area (Å²) in [5, 5.41) is 7.69. The Morgan fingerprint density at radius 3 is 2.57 bits per heavy atom. The average molecular weight is 282 g/mol. The molecule has 110 valence electrons. The highest BCUT2D eigenvalue weighted by molar-refractivity contribution is 5.78. The number of anilines is 1. The van der Waals surface area contributed by atoms with Crippen LogP contribution < -0.4 is 4.90 Å². The number of rotatable bonds is 5. The Morgan fingerprint density at radius 2 is 1.95 bits per heavy atom. The van der Waals surface area contributed by atoms with E-state index in [0.29, 0.717) is 0 Å². The molecule has 2 aromatic rings. The van der Waals surface area contributed by atoms with Crippen molar-refractivity contribution in [2.75, 3.05) is 11.4 Å². The number of nitrogens with zero attached hydrogens (tertiary/aromatic N) is 2. The van der Waals surface area contributed by atoms with Crippen molar-refractivity contribution in [2.24, 2.45) is 5.92 Å². The average Bonchev–Trinajstić information content (AvgIpc) is 3.08. The number of imidazole rings is 1. The van der Waals surface area contributed by atoms with Crippen molar-refractivity contribution in [1.29, 1.82) is 5.41 Å². The molecule has 0 spiro atoms. The van der Waals surface area contributed by atoms with Gasteiger partial charge in [-0.1, -0.05) is 31.4 Å². The van der Waals surface area contributed by atoms with Crippen molar-refractivity contribution < 1.29 is 0 Å². The lowest BCUT2D eigenvalue weighted by Crippen LogP contribution is -2.29. The van der Waals surface area contributed by atoms with Crippen molar-refractivity contribution in [3.05, 3.63) is 36.8 Å². The van der Waals surface area contributed by atoms with Crippen LogP contribution in [-0.2, 0) is 0 Å². The molecule has 21 heavy (non-hydrogen) atoms. The molecule has 4 nitrogen and oxygen atoms in total. The largest absolute Gasteiger partial charge is 0.345 e. The fraction of sp³-hybridized carbons (Fsp3) is 0.412. The molecule has 4 heteroatoms. The van der Waals surface area contributed by atoms with Crippen LogP contribution in [0.15, 0.2) is 36.8 Å². The third kappa shape index (κ3) is 3.32. The molecular weight excluding hydrogens is 260 g/mol. The van der Waals surface area contributed by atoms with E-state index in [1.807, 2.05) is 6.20 Å². The molecule has 3 rings (SSSR count). The number of aromatic nitrogens is 2. The summed E-state index contributed by atoms with van der Waals surface area (Å²) in [5.74, 6) is 0.729. The van der Waals surface area contributed by atoms with E-state index >= 15 is 0 Å². The number of H-pyrrole nitrogens is 1. The van der Waals surface area contributed by atoms with Crippen LogP contribution in [0, 0.1) is 11.3 Å². The quantitative estimate of drug-likeness (QED) is 0.641. The maximum atomic E-state index is 7.69. The SMILES string of the molecule is N=CN(CC1CCCCC1)c1ccc(-c2cnc[nH]2)cc1. The molecule has 0 radical (unpaired) electrons. The molecule has 0 atom stereocenters. The Kier molecular flexibility index (Phi) is 4.34. The Morgan fingerprint density at radius 1 is 1.19 bits per heavy atom. The van der Waals surface area contributed by atoms with Crippen LogP contribution in [-0.4, -0.2) is 22.9 Å². The summed E-state index contributed by atoms with van der Waals surface area (Å²) < 4.78 is 0. The lowest BCUT2D eigenvalue weighted by atomic mass is 9.89. The summed E-state index contributed by atoms with van der Waals surface area (Å²) in [5.41, 5.74) is 3.24. The minimum atomic E-state index is 0.729. The second-order valence-corrected chi connectivity index (χ2v) is 5.80. The summed E-state index contributed by atoms with van der Waals surface area (Å²) in [4.78, 5) is 9.22. The van der Waals surface area contributed by atoms with Gasteiger partial charge in [0.2, 0.25) is 0 Å². The molecule has 1 heterocycles. The van der Waals surface area contributed by atoms with Crippen molar-refractivity contribution >= 4 is 12.0 Å². The van der Waals surface area contributed by atoms with E-state index in [0.717, 1.165) is 29.4 Å². The molecule has 2 N–H and O–H groups in total. The molecule has 0 amide bonds. The van der Waals surface area contributed by atoms with Crippen LogP contribution in [0.1, 0.15) is 32.1 Å². The molecule has 1 aromatic carbocycles. The van der Waals surface area contributed by atoms with Gasteiger partial charge in [-0.25, -0.2) is 4.98 Å². The first-order valence-corrected chi connectivity index (χ1v) is 7.73. The summed E-state index contributed by atoms with van der Waals surface area (Å²) in [7, 11) is 0. The topological polar surface area (TPSA) is 55.8 Å². The van der Waals surface area contributed by atoms with Crippen LogP contribution in [0.3, 0.4) is 0 Å². The Labute approximate surface area is 125 Å². The number of nitrogens with one attached hydrogen (secondary N) is 2. The van der Waals surface area contributed by atoms with Gasteiger partial charge in [-0.15, -0.1) is 0 Å². The van der Waals surface area contributed by atoms with Gasteiger partial charge in [-0.2, -0.15) is 0 Å². The Hall–Kier alpha value is -2.10. The first kappa shape index (κ1) is 13.9. The fourth-order valence-electron chi connectivity index (χ4n) is 3.13. The first-order chi connectivity index (χ1) is 10.4. The van der Waals surface area contributed by atoms with Gasteiger partial charge >= 0.3 is 0 Å². The zero-order valence-corrected chi connectivity index (χ0v) is 12.3. The summed E-state index contributed by atoms with van der Waals surface area (Å²) in [6, 6.07) is 8.34. The van der Waals surface area contributed by atoms with Gasteiger partial charge in [0.05, 0.1) is 24.6 Å². The minimum absolute atomic E-state index is 0.729. The molecule has 1 aliphatic rings. The van der Waals surface area contributed by atoms with E-state index < -0.39 is 0 Å². The van der Waals surface area contributed by atoms with Gasteiger partial charge < -0.3 is 9.88 Å². The lowest BCUT2D eigenvalue weighted by molar-refractivity contribution is 0.366. The molecule has 0 bridgehead atoms. The predicted octanol–water partition coefficient (Wildman–Crippen LogP) is 4.07. The molecular formula is C17H22N4. The smallest absolute Gasteiger partial charge is 0.0924 e. The van der Waals surface area contributed by atoms with Gasteiger partial charge in [0.1, 0.15) is 0 Å². The van der Waals surface area contributed by atoms with E-state index in [1.165, 1.54) is 38.4 Å². The molecule has 1 fully saturated rings. The summed E-state index contributed by atoms with van der Waals surface area (Å²) in [6.45, 7) is 0.965. The van der Waals surface area contributed by atoms with E-state index in [9.17, 15) is 0 Å². The third-order valence-electron chi connectivity index (χ3n) is 4.34. The van der Waals surface area contributed by atoms with E-state index in [4.69, 9.17) is 5.41 Å². The molecule has 1 aliphatic carbocycles. The zero-order chi connectivity index (χ0) is 14.5. The molecule has 0 unspecified atom stereocenters. The van der Waals surface area contributed by atoms with Crippen LogP contribution in [0.2, 0.25) is 0 Å². The second kappa shape index (κ2) is 6.57. The highest BCUT2D eigenvalue weighted by Crippen LogP contribution is 2.27. The van der Waals surface area contributed by atoms with E-state index in [1.54, 1.807) is 6.33 Å². The Bertz CT molecular complexity index is 553. The first-order valence-electron chi connectivity index (χ1n) is 7.73. The standard InChI is InChI=1S/C17H22N4/c18-12-21(11-14-4-2-1-3-5-14)16-8-6-15(7-9-16)17-10-19-13-20-17/h6-10,12-14,18H,1-5,11H2,(H,19,20). The van der Waals surface area contributed by atoms with Crippen molar-refractivity contribution in [3.63, 3.8) is 0 Å². The van der Waals surface area contributed by atoms with Crippen molar-refractivity contribution in [2.45, 2.75) is 32.1 Å². The van der Waals surface area contributed by atoms with Crippen LogP contribution in [0.25, 0.3) is 11.3 Å². The van der Waals surface area contributed by atoms with Crippen LogP contribution in [0.5, 0.6) is 0 Å². The maximum Gasteiger partial charge on any atom is 0.0924 e. The highest BCUT2D eigenvalue weighted by atomic mass is 15.1. The van der Waals surface area contributed by atoms with Gasteiger partial charge in [0.15, 0.2) is 0 Å². The van der Waals surface area contributed by atoms with Crippen LogP contribution in [0.4, 0.5) is 5.69 Å². The van der Waals surface area contributed by atoms with Crippen LogP contribution >= 0.6 is 0 Å². The number of hydrogen-bond acceptors (Lipinski definition) is 2. The maximum absolute atomic E-state index is 7.69. The van der Waals surface area contributed by atoms with Gasteiger partial charge in [0, 0.05) is 12.2 Å². The summed E-state index contributed by atoms with van der Waals surface area (Å²) >= 11 is 0. The van der Waals surface area contributed by atoms with E-state index in [-0.39, 0.29) is 0 Å². The van der Waals surface area contributed by atoms with E-state index in [2.05, 4.69) is 39.1 Å². The lowest BCUT2D eigenvalue weighted by Gasteiger charge is -2.28. The zero-order valence-electron chi connectivity index (χ0n) is 12.3. The highest BCUT2D eigenvalue weighted by Gasteiger charge is 2.16. The molecule has 1 saturated carbocycles. The molecule has 0 aliphatic heterocycles. The number of hydrogen-bond donors (Lipinski definition) is 2. The normalized spacial score (nSPS) is 15.8. The van der Waals surface area contributed by atoms with Gasteiger partial charge in [0.25, 0.3) is 0 Å². The fourth-order valence-corrected chi connectivity index (χ4v) is 3.13. The predicted molar refractivity (Wildman–Crippen MR) is 86.7 cm³/mol. The molecule has 1 aromatic heterocycles. The minimum Gasteiger partial charge on any atom is -0.345 e. The van der Waals surface area contributed by atoms with Gasteiger partial charge in [-0.3, -0.25) is 5.41 Å². The monoisotopic (exact) mass is 282 g/mol. The second-order valence-electron chi connectivity index (χ2n) is 5.80. The number of benzene rings is 1. The molecule has 0 saturated heterocycles. The summed E-state index contributed by atoms with van der Waals surface area (Å²) in [6.07, 6.45) is 11.6.